The second-order valence-corrected chi connectivity index (χ2v) is 5.89. The first kappa shape index (κ1) is 12.7. The summed E-state index contributed by atoms with van der Waals surface area (Å²) in [5.74, 6) is -1.22. The van der Waals surface area contributed by atoms with Crippen LogP contribution in [0.2, 0.25) is 0 Å². The number of hydrogen-bond acceptors (Lipinski definition) is 2. The van der Waals surface area contributed by atoms with Gasteiger partial charge in [0.25, 0.3) is 0 Å². The van der Waals surface area contributed by atoms with Crippen molar-refractivity contribution in [2.45, 2.75) is 13.0 Å². The Hall–Kier alpha value is -0.780. The molecule has 1 heterocycles. The Labute approximate surface area is 110 Å². The standard InChI is InChI=1S/C12H10BrF2NS/c1-6-2-10(13)12(17-6)11(16)7-3-8(14)5-9(15)4-7/h2-5,11H,16H2,1H3. The maximum atomic E-state index is 13.1. The van der Waals surface area contributed by atoms with Crippen molar-refractivity contribution < 1.29 is 8.78 Å². The Morgan fingerprint density at radius 3 is 2.24 bits per heavy atom. The molecule has 0 saturated carbocycles. The van der Waals surface area contributed by atoms with E-state index in [0.29, 0.717) is 5.56 Å². The number of nitrogens with two attached hydrogens (primary N) is 1. The molecule has 1 aromatic carbocycles. The van der Waals surface area contributed by atoms with Crippen molar-refractivity contribution in [3.05, 3.63) is 55.7 Å². The average molecular weight is 318 g/mol. The van der Waals surface area contributed by atoms with Crippen LogP contribution < -0.4 is 5.73 Å². The molecular weight excluding hydrogens is 308 g/mol. The van der Waals surface area contributed by atoms with E-state index < -0.39 is 17.7 Å². The molecule has 1 unspecified atom stereocenters. The van der Waals surface area contributed by atoms with E-state index >= 15 is 0 Å². The predicted octanol–water partition coefficient (Wildman–Crippen LogP) is 4.15. The van der Waals surface area contributed by atoms with E-state index in [1.54, 1.807) is 0 Å². The summed E-state index contributed by atoms with van der Waals surface area (Å²) >= 11 is 4.91. The van der Waals surface area contributed by atoms with Gasteiger partial charge in [-0.3, -0.25) is 0 Å². The first-order valence-corrected chi connectivity index (χ1v) is 6.55. The number of aryl methyl sites for hydroxylation is 1. The number of hydrogen-bond donors (Lipinski definition) is 1. The van der Waals surface area contributed by atoms with Crippen LogP contribution in [-0.4, -0.2) is 0 Å². The lowest BCUT2D eigenvalue weighted by atomic mass is 10.1. The maximum absolute atomic E-state index is 13.1. The fraction of sp³-hybridized carbons (Fsp3) is 0.167. The van der Waals surface area contributed by atoms with Crippen LogP contribution in [0.3, 0.4) is 0 Å². The first-order chi connectivity index (χ1) is 7.97. The van der Waals surface area contributed by atoms with Gasteiger partial charge < -0.3 is 5.73 Å². The van der Waals surface area contributed by atoms with Gasteiger partial charge in [0.1, 0.15) is 11.6 Å². The highest BCUT2D eigenvalue weighted by Crippen LogP contribution is 2.34. The van der Waals surface area contributed by atoms with Gasteiger partial charge in [-0.05, 0) is 46.6 Å². The minimum atomic E-state index is -0.611. The zero-order valence-corrected chi connectivity index (χ0v) is 11.4. The largest absolute Gasteiger partial charge is 0.320 e. The SMILES string of the molecule is Cc1cc(Br)c(C(N)c2cc(F)cc(F)c2)s1. The monoisotopic (exact) mass is 317 g/mol. The summed E-state index contributed by atoms with van der Waals surface area (Å²) in [4.78, 5) is 1.96. The normalized spacial score (nSPS) is 12.8. The van der Waals surface area contributed by atoms with E-state index in [1.807, 2.05) is 13.0 Å². The fourth-order valence-corrected chi connectivity index (χ4v) is 3.55. The number of halogens is 3. The summed E-state index contributed by atoms with van der Waals surface area (Å²) in [6.45, 7) is 1.96. The lowest BCUT2D eigenvalue weighted by Crippen LogP contribution is -2.11. The quantitative estimate of drug-likeness (QED) is 0.884. The molecule has 0 amide bonds. The molecule has 0 aliphatic carbocycles. The highest BCUT2D eigenvalue weighted by atomic mass is 79.9. The van der Waals surface area contributed by atoms with Gasteiger partial charge in [-0.2, -0.15) is 0 Å². The summed E-state index contributed by atoms with van der Waals surface area (Å²) in [5, 5.41) is 0. The lowest BCUT2D eigenvalue weighted by molar-refractivity contribution is 0.577. The molecule has 0 saturated heterocycles. The van der Waals surface area contributed by atoms with Gasteiger partial charge in [0.2, 0.25) is 0 Å². The summed E-state index contributed by atoms with van der Waals surface area (Å²) in [6, 6.07) is 4.78. The van der Waals surface area contributed by atoms with Crippen molar-refractivity contribution in [3.8, 4) is 0 Å². The van der Waals surface area contributed by atoms with Crippen molar-refractivity contribution in [2.75, 3.05) is 0 Å². The molecule has 90 valence electrons. The Morgan fingerprint density at radius 1 is 1.18 bits per heavy atom. The minimum absolute atomic E-state index is 0.435. The number of rotatable bonds is 2. The van der Waals surface area contributed by atoms with Crippen LogP contribution in [0, 0.1) is 18.6 Å². The van der Waals surface area contributed by atoms with E-state index in [4.69, 9.17) is 5.73 Å². The molecule has 17 heavy (non-hydrogen) atoms. The minimum Gasteiger partial charge on any atom is -0.320 e. The average Bonchev–Trinajstić information content (AvgIpc) is 2.55. The molecule has 2 rings (SSSR count). The molecule has 1 atom stereocenters. The van der Waals surface area contributed by atoms with Crippen LogP contribution >= 0.6 is 27.3 Å². The molecule has 0 radical (unpaired) electrons. The lowest BCUT2D eigenvalue weighted by Gasteiger charge is -2.11. The molecule has 0 bridgehead atoms. The van der Waals surface area contributed by atoms with Crippen LogP contribution in [0.15, 0.2) is 28.7 Å². The zero-order chi connectivity index (χ0) is 12.6. The van der Waals surface area contributed by atoms with Crippen LogP contribution in [0.5, 0.6) is 0 Å². The third-order valence-electron chi connectivity index (χ3n) is 2.36. The van der Waals surface area contributed by atoms with Gasteiger partial charge in [0.15, 0.2) is 0 Å². The van der Waals surface area contributed by atoms with Crippen LogP contribution in [0.4, 0.5) is 8.78 Å². The smallest absolute Gasteiger partial charge is 0.126 e. The van der Waals surface area contributed by atoms with Crippen LogP contribution in [0.1, 0.15) is 21.4 Å². The number of benzene rings is 1. The molecule has 1 nitrogen and oxygen atoms in total. The fourth-order valence-electron chi connectivity index (χ4n) is 1.62. The van der Waals surface area contributed by atoms with Gasteiger partial charge >= 0.3 is 0 Å². The van der Waals surface area contributed by atoms with E-state index in [9.17, 15) is 8.78 Å². The van der Waals surface area contributed by atoms with E-state index in [1.165, 1.54) is 23.5 Å². The van der Waals surface area contributed by atoms with E-state index in [2.05, 4.69) is 15.9 Å². The van der Waals surface area contributed by atoms with Gasteiger partial charge in [0, 0.05) is 20.3 Å². The molecule has 0 aliphatic rings. The zero-order valence-electron chi connectivity index (χ0n) is 9.01. The second-order valence-electron chi connectivity index (χ2n) is 3.75. The maximum Gasteiger partial charge on any atom is 0.126 e. The van der Waals surface area contributed by atoms with Crippen LogP contribution in [0.25, 0.3) is 0 Å². The molecule has 5 heteroatoms. The van der Waals surface area contributed by atoms with E-state index in [-0.39, 0.29) is 0 Å². The highest BCUT2D eigenvalue weighted by molar-refractivity contribution is 9.10. The first-order valence-electron chi connectivity index (χ1n) is 4.95. The topological polar surface area (TPSA) is 26.0 Å². The Bertz CT molecular complexity index is 533. The van der Waals surface area contributed by atoms with Crippen molar-refractivity contribution in [3.63, 3.8) is 0 Å². The van der Waals surface area contributed by atoms with E-state index in [0.717, 1.165) is 20.3 Å². The summed E-state index contributed by atoms with van der Waals surface area (Å²) in [5.41, 5.74) is 6.45. The molecule has 0 fully saturated rings. The Kier molecular flexibility index (Phi) is 3.61. The molecule has 2 N–H and O–H groups in total. The van der Waals surface area contributed by atoms with Crippen molar-refractivity contribution in [1.29, 1.82) is 0 Å². The summed E-state index contributed by atoms with van der Waals surface area (Å²) in [7, 11) is 0. The summed E-state index contributed by atoms with van der Waals surface area (Å²) in [6.07, 6.45) is 0. The predicted molar refractivity (Wildman–Crippen MR) is 69.1 cm³/mol. The Balaban J connectivity index is 2.43. The van der Waals surface area contributed by atoms with Gasteiger partial charge in [-0.25, -0.2) is 8.78 Å². The second kappa shape index (κ2) is 4.84. The third kappa shape index (κ3) is 2.73. The van der Waals surface area contributed by atoms with Crippen LogP contribution in [-0.2, 0) is 0 Å². The molecule has 1 aromatic heterocycles. The van der Waals surface area contributed by atoms with Gasteiger partial charge in [0.05, 0.1) is 6.04 Å². The number of thiophene rings is 1. The van der Waals surface area contributed by atoms with Gasteiger partial charge in [-0.15, -0.1) is 11.3 Å². The van der Waals surface area contributed by atoms with Crippen molar-refractivity contribution >= 4 is 27.3 Å². The third-order valence-corrected chi connectivity index (χ3v) is 4.41. The molecule has 0 spiro atoms. The van der Waals surface area contributed by atoms with Gasteiger partial charge in [-0.1, -0.05) is 0 Å². The highest BCUT2D eigenvalue weighted by Gasteiger charge is 2.16. The molecular formula is C12H10BrF2NS. The molecule has 0 aliphatic heterocycles. The Morgan fingerprint density at radius 2 is 1.76 bits per heavy atom. The summed E-state index contributed by atoms with van der Waals surface area (Å²) < 4.78 is 27.1. The molecule has 2 aromatic rings. The van der Waals surface area contributed by atoms with Crippen molar-refractivity contribution in [2.24, 2.45) is 5.73 Å². The van der Waals surface area contributed by atoms with Crippen molar-refractivity contribution in [1.82, 2.24) is 0 Å².